The molecule has 0 aliphatic carbocycles. The van der Waals surface area contributed by atoms with Crippen LogP contribution in [-0.2, 0) is 4.79 Å². The van der Waals surface area contributed by atoms with Gasteiger partial charge in [-0.2, -0.15) is 0 Å². The number of nitrogens with one attached hydrogen (secondary N) is 1. The van der Waals surface area contributed by atoms with Gasteiger partial charge in [-0.25, -0.2) is 4.79 Å². The van der Waals surface area contributed by atoms with E-state index in [4.69, 9.17) is 9.15 Å². The highest BCUT2D eigenvalue weighted by Crippen LogP contribution is 2.28. The molecule has 0 aliphatic rings. The zero-order valence-corrected chi connectivity index (χ0v) is 14.4. The third-order valence-corrected chi connectivity index (χ3v) is 3.90. The number of amides is 1. The van der Waals surface area contributed by atoms with Gasteiger partial charge in [-0.05, 0) is 53.5 Å². The molecule has 0 saturated carbocycles. The first kappa shape index (κ1) is 17.1. The number of carboxylic acid groups (broad SMARTS) is 1. The number of hydrogen-bond acceptors (Lipinski definition) is 4. The number of benzene rings is 1. The smallest absolute Gasteiger partial charge is 0.330 e. The Morgan fingerprint density at radius 2 is 2.00 bits per heavy atom. The Kier molecular flexibility index (Phi) is 5.10. The molecule has 6 nitrogen and oxygen atoms in total. The Labute approximate surface area is 141 Å². The number of carboxylic acids is 1. The molecule has 2 aromatic rings. The van der Waals surface area contributed by atoms with E-state index in [2.05, 4.69) is 21.2 Å². The molecule has 2 N–H and O–H groups in total. The largest absolute Gasteiger partial charge is 0.496 e. The van der Waals surface area contributed by atoms with Crippen molar-refractivity contribution in [2.75, 3.05) is 7.11 Å². The van der Waals surface area contributed by atoms with Crippen molar-refractivity contribution in [3.8, 4) is 5.75 Å². The number of rotatable bonds is 5. The molecule has 0 aliphatic heterocycles. The van der Waals surface area contributed by atoms with Crippen molar-refractivity contribution in [2.24, 2.45) is 0 Å². The van der Waals surface area contributed by atoms with Gasteiger partial charge in [-0.3, -0.25) is 4.79 Å². The van der Waals surface area contributed by atoms with Crippen molar-refractivity contribution in [1.82, 2.24) is 5.32 Å². The summed E-state index contributed by atoms with van der Waals surface area (Å²) in [7, 11) is 1.51. The van der Waals surface area contributed by atoms with Crippen molar-refractivity contribution in [3.05, 3.63) is 51.4 Å². The number of hydrogen-bond donors (Lipinski definition) is 2. The minimum atomic E-state index is -1.20. The number of ether oxygens (including phenoxy) is 1. The second-order valence-electron chi connectivity index (χ2n) is 5.01. The number of furan rings is 1. The fourth-order valence-corrected chi connectivity index (χ4v) is 2.77. The normalized spacial score (nSPS) is 11.8. The van der Waals surface area contributed by atoms with Crippen LogP contribution in [0.2, 0.25) is 0 Å². The van der Waals surface area contributed by atoms with Crippen LogP contribution in [0.3, 0.4) is 0 Å². The second-order valence-corrected chi connectivity index (χ2v) is 5.86. The summed E-state index contributed by atoms with van der Waals surface area (Å²) in [6.07, 6.45) is 0. The summed E-state index contributed by atoms with van der Waals surface area (Å²) in [5.74, 6) is -0.471. The number of carbonyl (C=O) groups excluding carboxylic acids is 1. The molecule has 1 unspecified atom stereocenters. The van der Waals surface area contributed by atoms with Crippen molar-refractivity contribution >= 4 is 27.8 Å². The highest BCUT2D eigenvalue weighted by Gasteiger charge is 2.25. The average molecular weight is 382 g/mol. The van der Waals surface area contributed by atoms with Crippen LogP contribution in [0.15, 0.2) is 33.2 Å². The fraction of sp³-hybridized carbons (Fsp3) is 0.250. The van der Waals surface area contributed by atoms with Crippen LogP contribution >= 0.6 is 15.9 Å². The van der Waals surface area contributed by atoms with Gasteiger partial charge in [0.1, 0.15) is 11.5 Å². The quantitative estimate of drug-likeness (QED) is 0.829. The summed E-state index contributed by atoms with van der Waals surface area (Å²) in [6, 6.07) is 5.33. The molecule has 7 heteroatoms. The molecule has 1 amide bonds. The van der Waals surface area contributed by atoms with E-state index in [0.717, 1.165) is 0 Å². The summed E-state index contributed by atoms with van der Waals surface area (Å²) < 4.78 is 11.0. The molecule has 122 valence electrons. The van der Waals surface area contributed by atoms with E-state index in [0.29, 0.717) is 27.1 Å². The number of carbonyl (C=O) groups is 2. The zero-order chi connectivity index (χ0) is 17.1. The van der Waals surface area contributed by atoms with E-state index in [-0.39, 0.29) is 5.76 Å². The lowest BCUT2D eigenvalue weighted by atomic mass is 10.1. The van der Waals surface area contributed by atoms with Crippen LogP contribution in [-0.4, -0.2) is 24.1 Å². The number of aliphatic carboxylic acids is 1. The first-order valence-electron chi connectivity index (χ1n) is 6.77. The van der Waals surface area contributed by atoms with Crippen LogP contribution in [0.5, 0.6) is 5.75 Å². The van der Waals surface area contributed by atoms with Crippen LogP contribution in [0.25, 0.3) is 0 Å². The minimum Gasteiger partial charge on any atom is -0.496 e. The third kappa shape index (κ3) is 3.73. The predicted molar refractivity (Wildman–Crippen MR) is 86.7 cm³/mol. The average Bonchev–Trinajstić information content (AvgIpc) is 2.83. The summed E-state index contributed by atoms with van der Waals surface area (Å²) in [5.41, 5.74) is 1.07. The monoisotopic (exact) mass is 381 g/mol. The van der Waals surface area contributed by atoms with Gasteiger partial charge in [-0.15, -0.1) is 0 Å². The van der Waals surface area contributed by atoms with Crippen LogP contribution < -0.4 is 10.1 Å². The van der Waals surface area contributed by atoms with E-state index < -0.39 is 17.9 Å². The minimum absolute atomic E-state index is 0.112. The SMILES string of the molecule is COc1ccc(C(NC(=O)c2oc(C)cc2C)C(=O)O)cc1Br. The Bertz CT molecular complexity index is 753. The maximum absolute atomic E-state index is 12.3. The van der Waals surface area contributed by atoms with E-state index in [1.54, 1.807) is 38.1 Å². The van der Waals surface area contributed by atoms with Gasteiger partial charge in [0, 0.05) is 5.56 Å². The lowest BCUT2D eigenvalue weighted by molar-refractivity contribution is -0.139. The molecule has 1 heterocycles. The maximum Gasteiger partial charge on any atom is 0.330 e. The molecule has 0 saturated heterocycles. The highest BCUT2D eigenvalue weighted by atomic mass is 79.9. The molecule has 0 radical (unpaired) electrons. The molecule has 1 aromatic carbocycles. The van der Waals surface area contributed by atoms with E-state index >= 15 is 0 Å². The van der Waals surface area contributed by atoms with Crippen molar-refractivity contribution < 1.29 is 23.8 Å². The molecule has 0 bridgehead atoms. The Hall–Kier alpha value is -2.28. The van der Waals surface area contributed by atoms with Gasteiger partial charge < -0.3 is 19.6 Å². The van der Waals surface area contributed by atoms with Gasteiger partial charge in [0.2, 0.25) is 0 Å². The number of halogens is 1. The van der Waals surface area contributed by atoms with Gasteiger partial charge in [0.05, 0.1) is 11.6 Å². The van der Waals surface area contributed by atoms with Crippen molar-refractivity contribution in [2.45, 2.75) is 19.9 Å². The molecule has 1 atom stereocenters. The van der Waals surface area contributed by atoms with Gasteiger partial charge >= 0.3 is 5.97 Å². The highest BCUT2D eigenvalue weighted by molar-refractivity contribution is 9.10. The molecular weight excluding hydrogens is 366 g/mol. The van der Waals surface area contributed by atoms with Crippen LogP contribution in [0, 0.1) is 13.8 Å². The van der Waals surface area contributed by atoms with E-state index in [9.17, 15) is 14.7 Å². The Morgan fingerprint density at radius 3 is 2.48 bits per heavy atom. The Balaban J connectivity index is 2.29. The van der Waals surface area contributed by atoms with Gasteiger partial charge in [0.25, 0.3) is 5.91 Å². The number of aryl methyl sites for hydroxylation is 2. The van der Waals surface area contributed by atoms with Crippen molar-refractivity contribution in [3.63, 3.8) is 0 Å². The van der Waals surface area contributed by atoms with E-state index in [1.807, 2.05) is 0 Å². The maximum atomic E-state index is 12.3. The summed E-state index contributed by atoms with van der Waals surface area (Å²) in [4.78, 5) is 23.8. The summed E-state index contributed by atoms with van der Waals surface area (Å²) in [5, 5.41) is 11.9. The van der Waals surface area contributed by atoms with Crippen LogP contribution in [0.1, 0.15) is 33.5 Å². The molecule has 0 fully saturated rings. The second kappa shape index (κ2) is 6.87. The molecule has 23 heavy (non-hydrogen) atoms. The molecule has 1 aromatic heterocycles. The zero-order valence-electron chi connectivity index (χ0n) is 12.8. The van der Waals surface area contributed by atoms with Gasteiger partial charge in [-0.1, -0.05) is 6.07 Å². The fourth-order valence-electron chi connectivity index (χ4n) is 2.21. The summed E-state index contributed by atoms with van der Waals surface area (Å²) in [6.45, 7) is 3.45. The Morgan fingerprint density at radius 1 is 1.30 bits per heavy atom. The first-order chi connectivity index (χ1) is 10.8. The van der Waals surface area contributed by atoms with Crippen LogP contribution in [0.4, 0.5) is 0 Å². The summed E-state index contributed by atoms with van der Waals surface area (Å²) >= 11 is 3.30. The predicted octanol–water partition coefficient (Wildman–Crippen LogP) is 3.22. The lowest BCUT2D eigenvalue weighted by Gasteiger charge is -2.15. The molecule has 0 spiro atoms. The first-order valence-corrected chi connectivity index (χ1v) is 7.57. The molecular formula is C16H16BrNO5. The molecule has 2 rings (SSSR count). The van der Waals surface area contributed by atoms with E-state index in [1.165, 1.54) is 7.11 Å². The van der Waals surface area contributed by atoms with Crippen molar-refractivity contribution in [1.29, 1.82) is 0 Å². The number of methoxy groups -OCH3 is 1. The standard InChI is InChI=1S/C16H16BrNO5/c1-8-6-9(2)23-14(8)15(19)18-13(16(20)21)10-4-5-12(22-3)11(17)7-10/h4-7,13H,1-3H3,(H,18,19)(H,20,21). The van der Waals surface area contributed by atoms with Gasteiger partial charge in [0.15, 0.2) is 11.8 Å². The lowest BCUT2D eigenvalue weighted by Crippen LogP contribution is -2.33. The topological polar surface area (TPSA) is 88.8 Å². The third-order valence-electron chi connectivity index (χ3n) is 3.28.